The number of hydrogen-bond acceptors (Lipinski definition) is 7. The number of nitrogens with zero attached hydrogens (tertiary/aromatic N) is 4. The zero-order chi connectivity index (χ0) is 16.7. The molecular weight excluding hydrogens is 328 g/mol. The Kier molecular flexibility index (Phi) is 3.45. The van der Waals surface area contributed by atoms with Crippen LogP contribution >= 0.6 is 11.3 Å². The lowest BCUT2D eigenvalue weighted by Crippen LogP contribution is -2.46. The van der Waals surface area contributed by atoms with Crippen LogP contribution in [0.15, 0.2) is 18.5 Å². The van der Waals surface area contributed by atoms with Crippen molar-refractivity contribution in [3.8, 4) is 0 Å². The first-order valence-corrected chi connectivity index (χ1v) is 8.48. The summed E-state index contributed by atoms with van der Waals surface area (Å²) in [6.07, 6.45) is 5.10. The van der Waals surface area contributed by atoms with E-state index in [1.165, 1.54) is 11.3 Å². The number of carbonyl (C=O) groups excluding carboxylic acids is 2. The Labute approximate surface area is 142 Å². The molecule has 1 spiro atoms. The Morgan fingerprint density at radius 3 is 2.79 bits per heavy atom. The summed E-state index contributed by atoms with van der Waals surface area (Å²) in [6, 6.07) is 1.67. The van der Waals surface area contributed by atoms with Crippen molar-refractivity contribution < 1.29 is 9.59 Å². The van der Waals surface area contributed by atoms with Gasteiger partial charge >= 0.3 is 0 Å². The Hall–Kier alpha value is -2.55. The maximum atomic E-state index is 12.7. The highest BCUT2D eigenvalue weighted by Gasteiger charge is 2.54. The van der Waals surface area contributed by atoms with Crippen LogP contribution in [-0.2, 0) is 10.2 Å². The summed E-state index contributed by atoms with van der Waals surface area (Å²) >= 11 is 1.35. The van der Waals surface area contributed by atoms with Gasteiger partial charge in [-0.15, -0.1) is 0 Å². The highest BCUT2D eigenvalue weighted by Crippen LogP contribution is 2.53. The molecule has 8 nitrogen and oxygen atoms in total. The van der Waals surface area contributed by atoms with Crippen LogP contribution in [0.25, 0.3) is 0 Å². The number of nitrogens with one attached hydrogen (secondary N) is 2. The Morgan fingerprint density at radius 2 is 2.12 bits per heavy atom. The smallest absolute Gasteiger partial charge is 0.266 e. The lowest BCUT2D eigenvalue weighted by molar-refractivity contribution is -0.117. The highest BCUT2D eigenvalue weighted by atomic mass is 32.1. The third kappa shape index (κ3) is 2.50. The van der Waals surface area contributed by atoms with Gasteiger partial charge in [0.05, 0.1) is 5.69 Å². The summed E-state index contributed by atoms with van der Waals surface area (Å²) in [5.41, 5.74) is 0.822. The normalized spacial score (nSPS) is 17.5. The van der Waals surface area contributed by atoms with E-state index in [9.17, 15) is 9.59 Å². The lowest BCUT2D eigenvalue weighted by atomic mass is 9.96. The third-order valence-corrected chi connectivity index (χ3v) is 5.38. The molecule has 2 aromatic rings. The number of fused-ring (bicyclic) bond motifs is 2. The molecule has 0 saturated heterocycles. The Balaban J connectivity index is 1.52. The molecule has 2 aromatic heterocycles. The van der Waals surface area contributed by atoms with E-state index < -0.39 is 0 Å². The fourth-order valence-electron chi connectivity index (χ4n) is 2.96. The van der Waals surface area contributed by atoms with E-state index in [-0.39, 0.29) is 29.7 Å². The Bertz CT molecular complexity index is 802. The first-order chi connectivity index (χ1) is 11.6. The average Bonchev–Trinajstić information content (AvgIpc) is 3.20. The molecule has 0 aromatic carbocycles. The molecule has 1 fully saturated rings. The maximum absolute atomic E-state index is 12.7. The zero-order valence-corrected chi connectivity index (χ0v) is 13.9. The van der Waals surface area contributed by atoms with Crippen molar-refractivity contribution >= 4 is 34.2 Å². The second-order valence-electron chi connectivity index (χ2n) is 6.01. The largest absolute Gasteiger partial charge is 0.365 e. The van der Waals surface area contributed by atoms with Crippen LogP contribution in [0.3, 0.4) is 0 Å². The van der Waals surface area contributed by atoms with Crippen LogP contribution in [0.1, 0.15) is 28.2 Å². The van der Waals surface area contributed by atoms with Crippen LogP contribution in [0, 0.1) is 0 Å². The molecule has 0 unspecified atom stereocenters. The van der Waals surface area contributed by atoms with Gasteiger partial charge < -0.3 is 10.2 Å². The SMILES string of the molecule is CNc1nc2c(s1)C(=O)N(CC(=O)Nc1ncccn1)CC21CC1. The van der Waals surface area contributed by atoms with E-state index in [1.807, 2.05) is 0 Å². The number of thiazole rings is 1. The summed E-state index contributed by atoms with van der Waals surface area (Å²) in [5.74, 6) is -0.193. The van der Waals surface area contributed by atoms with E-state index in [1.54, 1.807) is 30.4 Å². The second kappa shape index (κ2) is 5.52. The number of hydrogen-bond donors (Lipinski definition) is 2. The summed E-state index contributed by atoms with van der Waals surface area (Å²) in [6.45, 7) is 0.528. The average molecular weight is 344 g/mol. The number of aromatic nitrogens is 3. The van der Waals surface area contributed by atoms with Crippen molar-refractivity contribution in [2.24, 2.45) is 0 Å². The molecular formula is C15H16N6O2S. The summed E-state index contributed by atoms with van der Waals surface area (Å²) < 4.78 is 0. The third-order valence-electron chi connectivity index (χ3n) is 4.32. The van der Waals surface area contributed by atoms with Gasteiger partial charge in [0.1, 0.15) is 11.4 Å². The first kappa shape index (κ1) is 15.0. The van der Waals surface area contributed by atoms with Gasteiger partial charge in [-0.1, -0.05) is 11.3 Å². The number of carbonyl (C=O) groups is 2. The number of amides is 2. The van der Waals surface area contributed by atoms with E-state index in [0.29, 0.717) is 11.4 Å². The van der Waals surface area contributed by atoms with Crippen molar-refractivity contribution in [1.82, 2.24) is 19.9 Å². The van der Waals surface area contributed by atoms with E-state index in [0.717, 1.165) is 23.7 Å². The van der Waals surface area contributed by atoms with Crippen LogP contribution in [0.4, 0.5) is 11.1 Å². The molecule has 1 aliphatic heterocycles. The highest BCUT2D eigenvalue weighted by molar-refractivity contribution is 7.17. The lowest BCUT2D eigenvalue weighted by Gasteiger charge is -2.31. The van der Waals surface area contributed by atoms with E-state index in [4.69, 9.17) is 0 Å². The van der Waals surface area contributed by atoms with Crippen molar-refractivity contribution in [2.45, 2.75) is 18.3 Å². The molecule has 0 bridgehead atoms. The van der Waals surface area contributed by atoms with Gasteiger partial charge in [-0.05, 0) is 18.9 Å². The van der Waals surface area contributed by atoms with Gasteiger partial charge in [0, 0.05) is 31.4 Å². The molecule has 4 rings (SSSR count). The summed E-state index contributed by atoms with van der Waals surface area (Å²) in [7, 11) is 1.79. The predicted octanol–water partition coefficient (Wildman–Crippen LogP) is 1.10. The van der Waals surface area contributed by atoms with Gasteiger partial charge in [-0.25, -0.2) is 15.0 Å². The van der Waals surface area contributed by atoms with Gasteiger partial charge in [0.25, 0.3) is 5.91 Å². The molecule has 0 atom stereocenters. The molecule has 3 heterocycles. The van der Waals surface area contributed by atoms with Crippen molar-refractivity contribution in [3.05, 3.63) is 29.0 Å². The van der Waals surface area contributed by atoms with Gasteiger partial charge in [0.15, 0.2) is 5.13 Å². The van der Waals surface area contributed by atoms with E-state index >= 15 is 0 Å². The van der Waals surface area contributed by atoms with Crippen LogP contribution in [0.2, 0.25) is 0 Å². The first-order valence-electron chi connectivity index (χ1n) is 7.66. The van der Waals surface area contributed by atoms with Crippen LogP contribution in [0.5, 0.6) is 0 Å². The van der Waals surface area contributed by atoms with Gasteiger partial charge in [-0.2, -0.15) is 0 Å². The molecule has 0 radical (unpaired) electrons. The Morgan fingerprint density at radius 1 is 1.38 bits per heavy atom. The van der Waals surface area contributed by atoms with Crippen molar-refractivity contribution in [1.29, 1.82) is 0 Å². The minimum absolute atomic E-state index is 0.00886. The van der Waals surface area contributed by atoms with Crippen molar-refractivity contribution in [2.75, 3.05) is 30.8 Å². The molecule has 2 aliphatic rings. The van der Waals surface area contributed by atoms with Crippen LogP contribution < -0.4 is 10.6 Å². The minimum Gasteiger partial charge on any atom is -0.365 e. The molecule has 24 heavy (non-hydrogen) atoms. The standard InChI is InChI=1S/C15H16N6O2S/c1-16-14-20-11-10(24-14)12(23)21(8-15(11)3-4-15)7-9(22)19-13-17-5-2-6-18-13/h2,5-6H,3-4,7-8H2,1H3,(H,16,20)(H,17,18,19,22). The molecule has 2 N–H and O–H groups in total. The second-order valence-corrected chi connectivity index (χ2v) is 7.01. The monoisotopic (exact) mass is 344 g/mol. The van der Waals surface area contributed by atoms with Crippen molar-refractivity contribution in [3.63, 3.8) is 0 Å². The van der Waals surface area contributed by atoms with E-state index in [2.05, 4.69) is 25.6 Å². The van der Waals surface area contributed by atoms with Crippen LogP contribution in [-0.4, -0.2) is 51.8 Å². The fraction of sp³-hybridized carbons (Fsp3) is 0.400. The number of rotatable bonds is 4. The summed E-state index contributed by atoms with van der Waals surface area (Å²) in [5, 5.41) is 6.36. The zero-order valence-electron chi connectivity index (χ0n) is 13.1. The maximum Gasteiger partial charge on any atom is 0.266 e. The predicted molar refractivity (Wildman–Crippen MR) is 89.1 cm³/mol. The quantitative estimate of drug-likeness (QED) is 0.861. The molecule has 1 aliphatic carbocycles. The number of anilines is 2. The topological polar surface area (TPSA) is 100 Å². The molecule has 2 amide bonds. The molecule has 9 heteroatoms. The summed E-state index contributed by atoms with van der Waals surface area (Å²) in [4.78, 5) is 39.7. The minimum atomic E-state index is -0.299. The van der Waals surface area contributed by atoms with Gasteiger partial charge in [-0.3, -0.25) is 14.9 Å². The molecule has 124 valence electrons. The molecule has 1 saturated carbocycles. The van der Waals surface area contributed by atoms with Gasteiger partial charge in [0.2, 0.25) is 11.9 Å². The fourth-order valence-corrected chi connectivity index (χ4v) is 3.97.